The number of benzene rings is 8. The largest absolute Gasteiger partial charge is 0.309 e. The molecule has 0 spiro atoms. The van der Waals surface area contributed by atoms with Gasteiger partial charge >= 0.3 is 0 Å². The topological polar surface area (TPSA) is 17.8 Å². The van der Waals surface area contributed by atoms with Gasteiger partial charge in [0.1, 0.15) is 0 Å². The van der Waals surface area contributed by atoms with E-state index in [1.807, 2.05) is 18.3 Å². The molecule has 2 heterocycles. The van der Waals surface area contributed by atoms with Gasteiger partial charge in [0.2, 0.25) is 0 Å². The summed E-state index contributed by atoms with van der Waals surface area (Å²) in [6.45, 7) is 0. The third-order valence-electron chi connectivity index (χ3n) is 10.3. The standard InChI is InChI=1S/C49H32N2/c1-2-12-33(13-3-1)37-27-30-47-44(32-37)39-14-8-9-20-46(39)51(47)38-28-25-36(26-29-38)49-42-17-6-4-15-40(42)48(41-16-5-7-18-43(41)49)35-23-21-34(22-24-35)45-19-10-11-31-50-45/h1-32H. The van der Waals surface area contributed by atoms with Gasteiger partial charge in [0, 0.05) is 28.2 Å². The van der Waals surface area contributed by atoms with E-state index < -0.39 is 0 Å². The van der Waals surface area contributed by atoms with Crippen molar-refractivity contribution in [2.24, 2.45) is 0 Å². The zero-order valence-electron chi connectivity index (χ0n) is 27.9. The fourth-order valence-electron chi connectivity index (χ4n) is 7.93. The third-order valence-corrected chi connectivity index (χ3v) is 10.3. The Kier molecular flexibility index (Phi) is 6.85. The summed E-state index contributed by atoms with van der Waals surface area (Å²) in [6, 6.07) is 68.0. The Balaban J connectivity index is 1.12. The second-order valence-electron chi connectivity index (χ2n) is 13.1. The molecule has 10 aromatic rings. The Morgan fingerprint density at radius 2 is 0.804 bits per heavy atom. The smallest absolute Gasteiger partial charge is 0.0701 e. The number of fused-ring (bicyclic) bond motifs is 5. The Morgan fingerprint density at radius 1 is 0.314 bits per heavy atom. The molecule has 8 aromatic carbocycles. The molecule has 0 saturated heterocycles. The molecular weight excluding hydrogens is 617 g/mol. The van der Waals surface area contributed by atoms with Gasteiger partial charge in [-0.2, -0.15) is 0 Å². The van der Waals surface area contributed by atoms with Gasteiger partial charge in [-0.25, -0.2) is 0 Å². The lowest BCUT2D eigenvalue weighted by molar-refractivity contribution is 1.18. The summed E-state index contributed by atoms with van der Waals surface area (Å²) in [5, 5.41) is 7.51. The summed E-state index contributed by atoms with van der Waals surface area (Å²) in [7, 11) is 0. The van der Waals surface area contributed by atoms with E-state index in [4.69, 9.17) is 0 Å². The van der Waals surface area contributed by atoms with E-state index in [0.29, 0.717) is 0 Å². The van der Waals surface area contributed by atoms with Gasteiger partial charge in [0.05, 0.1) is 16.7 Å². The molecular formula is C49H32N2. The number of para-hydroxylation sites is 1. The molecule has 0 unspecified atom stereocenters. The van der Waals surface area contributed by atoms with Crippen molar-refractivity contribution in [2.45, 2.75) is 0 Å². The van der Waals surface area contributed by atoms with E-state index in [0.717, 1.165) is 16.9 Å². The lowest BCUT2D eigenvalue weighted by Crippen LogP contribution is -1.95. The molecule has 0 bridgehead atoms. The second-order valence-corrected chi connectivity index (χ2v) is 13.1. The van der Waals surface area contributed by atoms with Gasteiger partial charge in [0.15, 0.2) is 0 Å². The fourth-order valence-corrected chi connectivity index (χ4v) is 7.93. The fraction of sp³-hybridized carbons (Fsp3) is 0. The maximum absolute atomic E-state index is 4.56. The van der Waals surface area contributed by atoms with Crippen molar-refractivity contribution >= 4 is 43.4 Å². The van der Waals surface area contributed by atoms with Crippen LogP contribution in [0.5, 0.6) is 0 Å². The highest BCUT2D eigenvalue weighted by Crippen LogP contribution is 2.44. The highest BCUT2D eigenvalue weighted by molar-refractivity contribution is 6.21. The van der Waals surface area contributed by atoms with Crippen LogP contribution in [0.25, 0.3) is 93.7 Å². The van der Waals surface area contributed by atoms with Crippen LogP contribution in [-0.2, 0) is 0 Å². The number of aromatic nitrogens is 2. The first-order valence-electron chi connectivity index (χ1n) is 17.5. The molecule has 10 rings (SSSR count). The summed E-state index contributed by atoms with van der Waals surface area (Å²) < 4.78 is 2.40. The van der Waals surface area contributed by atoms with Gasteiger partial charge in [0.25, 0.3) is 0 Å². The van der Waals surface area contributed by atoms with E-state index in [9.17, 15) is 0 Å². The molecule has 0 aliphatic carbocycles. The molecule has 0 aliphatic heterocycles. The Hall–Kier alpha value is -6.77. The summed E-state index contributed by atoms with van der Waals surface area (Å²) in [4.78, 5) is 4.56. The first kappa shape index (κ1) is 29.2. The molecule has 0 radical (unpaired) electrons. The van der Waals surface area contributed by atoms with Crippen LogP contribution < -0.4 is 0 Å². The summed E-state index contributed by atoms with van der Waals surface area (Å²) >= 11 is 0. The van der Waals surface area contributed by atoms with Crippen molar-refractivity contribution in [1.29, 1.82) is 0 Å². The van der Waals surface area contributed by atoms with Gasteiger partial charge in [-0.05, 0) is 97.4 Å². The van der Waals surface area contributed by atoms with Crippen LogP contribution in [0.1, 0.15) is 0 Å². The molecule has 2 heteroatoms. The lowest BCUT2D eigenvalue weighted by Gasteiger charge is -2.18. The van der Waals surface area contributed by atoms with E-state index in [-0.39, 0.29) is 0 Å². The van der Waals surface area contributed by atoms with Crippen LogP contribution in [0.3, 0.4) is 0 Å². The van der Waals surface area contributed by atoms with Gasteiger partial charge in [-0.1, -0.05) is 146 Å². The van der Waals surface area contributed by atoms with Crippen molar-refractivity contribution < 1.29 is 0 Å². The van der Waals surface area contributed by atoms with Crippen LogP contribution in [-0.4, -0.2) is 9.55 Å². The first-order chi connectivity index (χ1) is 25.3. The number of pyridine rings is 1. The molecule has 2 nitrogen and oxygen atoms in total. The number of nitrogens with zero attached hydrogens (tertiary/aromatic N) is 2. The molecule has 2 aromatic heterocycles. The normalized spacial score (nSPS) is 11.5. The minimum atomic E-state index is 0.982. The molecule has 0 fully saturated rings. The Labute approximate surface area is 296 Å². The van der Waals surface area contributed by atoms with Crippen molar-refractivity contribution in [1.82, 2.24) is 9.55 Å². The summed E-state index contributed by atoms with van der Waals surface area (Å²) in [5.41, 5.74) is 13.0. The Morgan fingerprint density at radius 3 is 1.41 bits per heavy atom. The van der Waals surface area contributed by atoms with E-state index >= 15 is 0 Å². The minimum absolute atomic E-state index is 0.982. The molecule has 238 valence electrons. The van der Waals surface area contributed by atoms with Gasteiger partial charge in [-0.15, -0.1) is 0 Å². The van der Waals surface area contributed by atoms with Crippen LogP contribution in [0, 0.1) is 0 Å². The van der Waals surface area contributed by atoms with E-state index in [1.165, 1.54) is 76.7 Å². The van der Waals surface area contributed by atoms with Crippen molar-refractivity contribution in [3.8, 4) is 50.3 Å². The molecule has 0 amide bonds. The highest BCUT2D eigenvalue weighted by Gasteiger charge is 2.18. The average molecular weight is 649 g/mol. The third kappa shape index (κ3) is 4.84. The first-order valence-corrected chi connectivity index (χ1v) is 17.5. The van der Waals surface area contributed by atoms with Crippen LogP contribution in [0.2, 0.25) is 0 Å². The average Bonchev–Trinajstić information content (AvgIpc) is 3.54. The molecule has 0 N–H and O–H groups in total. The summed E-state index contributed by atoms with van der Waals surface area (Å²) in [6.07, 6.45) is 1.85. The maximum atomic E-state index is 4.56. The highest BCUT2D eigenvalue weighted by atomic mass is 15.0. The van der Waals surface area contributed by atoms with Crippen LogP contribution in [0.15, 0.2) is 194 Å². The maximum Gasteiger partial charge on any atom is 0.0701 e. The van der Waals surface area contributed by atoms with Crippen LogP contribution >= 0.6 is 0 Å². The zero-order valence-corrected chi connectivity index (χ0v) is 27.9. The van der Waals surface area contributed by atoms with Crippen molar-refractivity contribution in [3.05, 3.63) is 194 Å². The molecule has 0 saturated carbocycles. The zero-order chi connectivity index (χ0) is 33.7. The van der Waals surface area contributed by atoms with Crippen LogP contribution in [0.4, 0.5) is 0 Å². The molecule has 51 heavy (non-hydrogen) atoms. The van der Waals surface area contributed by atoms with Crippen molar-refractivity contribution in [2.75, 3.05) is 0 Å². The number of hydrogen-bond acceptors (Lipinski definition) is 1. The lowest BCUT2D eigenvalue weighted by atomic mass is 9.86. The Bertz CT molecular complexity index is 2810. The predicted molar refractivity (Wildman–Crippen MR) is 215 cm³/mol. The monoisotopic (exact) mass is 648 g/mol. The van der Waals surface area contributed by atoms with E-state index in [2.05, 4.69) is 185 Å². The van der Waals surface area contributed by atoms with Crippen molar-refractivity contribution in [3.63, 3.8) is 0 Å². The van der Waals surface area contributed by atoms with E-state index in [1.54, 1.807) is 0 Å². The quantitative estimate of drug-likeness (QED) is 0.170. The summed E-state index contributed by atoms with van der Waals surface area (Å²) in [5.74, 6) is 0. The van der Waals surface area contributed by atoms with Gasteiger partial charge < -0.3 is 4.57 Å². The second kappa shape index (κ2) is 12.0. The van der Waals surface area contributed by atoms with Gasteiger partial charge in [-0.3, -0.25) is 4.98 Å². The molecule has 0 aliphatic rings. The predicted octanol–water partition coefficient (Wildman–Crippen LogP) is 13.2. The minimum Gasteiger partial charge on any atom is -0.309 e. The number of hydrogen-bond donors (Lipinski definition) is 0. The molecule has 0 atom stereocenters. The SMILES string of the molecule is c1ccc(-c2ccc3c(c2)c2ccccc2n3-c2ccc(-c3c4ccccc4c(-c4ccc(-c5ccccn5)cc4)c4ccccc34)cc2)cc1. The number of rotatable bonds is 5.